The van der Waals surface area contributed by atoms with Crippen LogP contribution in [0.4, 0.5) is 15.8 Å². The monoisotopic (exact) mass is 465 g/mol. The van der Waals surface area contributed by atoms with E-state index in [0.717, 1.165) is 11.8 Å². The van der Waals surface area contributed by atoms with E-state index in [4.69, 9.17) is 4.74 Å². The third-order valence-corrected chi connectivity index (χ3v) is 5.71. The molecule has 2 amide bonds. The van der Waals surface area contributed by atoms with Gasteiger partial charge in [-0.3, -0.25) is 14.0 Å². The smallest absolute Gasteiger partial charge is 0.257 e. The second-order valence-electron chi connectivity index (χ2n) is 7.11. The minimum Gasteiger partial charge on any atom is -0.497 e. The predicted molar refractivity (Wildman–Crippen MR) is 124 cm³/mol. The topological polar surface area (TPSA) is 97.6 Å². The van der Waals surface area contributed by atoms with Gasteiger partial charge in [0.05, 0.1) is 18.4 Å². The summed E-state index contributed by atoms with van der Waals surface area (Å²) in [4.78, 5) is 24.9. The Morgan fingerprint density at radius 1 is 1.03 bits per heavy atom. The lowest BCUT2D eigenvalue weighted by molar-refractivity contribution is -0.113. The second kappa shape index (κ2) is 9.70. The van der Waals surface area contributed by atoms with Crippen LogP contribution in [0.3, 0.4) is 0 Å². The summed E-state index contributed by atoms with van der Waals surface area (Å²) >= 11 is 1.16. The van der Waals surface area contributed by atoms with Crippen molar-refractivity contribution in [1.82, 2.24) is 14.6 Å². The quantitative estimate of drug-likeness (QED) is 0.398. The highest BCUT2D eigenvalue weighted by molar-refractivity contribution is 7.99. The number of nitrogens with one attached hydrogen (secondary N) is 2. The summed E-state index contributed by atoms with van der Waals surface area (Å²) in [5.41, 5.74) is 2.46. The number of amides is 2. The van der Waals surface area contributed by atoms with Crippen LogP contribution >= 0.6 is 11.8 Å². The number of benzene rings is 2. The molecule has 0 saturated carbocycles. The molecule has 33 heavy (non-hydrogen) atoms. The van der Waals surface area contributed by atoms with Crippen molar-refractivity contribution in [2.24, 2.45) is 0 Å². The number of halogens is 1. The zero-order valence-electron chi connectivity index (χ0n) is 17.8. The van der Waals surface area contributed by atoms with Crippen molar-refractivity contribution in [3.63, 3.8) is 0 Å². The number of hydrogen-bond acceptors (Lipinski definition) is 6. The van der Waals surface area contributed by atoms with Crippen LogP contribution in [0.15, 0.2) is 66.0 Å². The van der Waals surface area contributed by atoms with E-state index in [1.165, 1.54) is 6.07 Å². The molecule has 0 atom stereocenters. The molecule has 8 nitrogen and oxygen atoms in total. The molecule has 0 bridgehead atoms. The maximum Gasteiger partial charge on any atom is 0.257 e. The molecule has 0 aliphatic rings. The number of anilines is 2. The summed E-state index contributed by atoms with van der Waals surface area (Å²) in [5, 5.41) is 14.1. The highest BCUT2D eigenvalue weighted by Crippen LogP contribution is 2.20. The van der Waals surface area contributed by atoms with Crippen LogP contribution in [0.5, 0.6) is 5.75 Å². The molecule has 0 aliphatic heterocycles. The average molecular weight is 466 g/mol. The largest absolute Gasteiger partial charge is 0.497 e. The van der Waals surface area contributed by atoms with Gasteiger partial charge < -0.3 is 15.4 Å². The zero-order valence-corrected chi connectivity index (χ0v) is 18.6. The fourth-order valence-electron chi connectivity index (χ4n) is 2.98. The van der Waals surface area contributed by atoms with E-state index in [1.807, 2.05) is 0 Å². The summed E-state index contributed by atoms with van der Waals surface area (Å²) in [6.07, 6.45) is 1.61. The maximum absolute atomic E-state index is 13.7. The van der Waals surface area contributed by atoms with Gasteiger partial charge in [0.15, 0.2) is 10.8 Å². The first-order valence-electron chi connectivity index (χ1n) is 9.92. The highest BCUT2D eigenvalue weighted by Gasteiger charge is 2.13. The van der Waals surface area contributed by atoms with Crippen LogP contribution in [0, 0.1) is 12.7 Å². The van der Waals surface area contributed by atoms with Crippen molar-refractivity contribution in [2.75, 3.05) is 23.5 Å². The number of ether oxygens (including phenoxy) is 1. The number of hydrogen-bond donors (Lipinski definition) is 2. The van der Waals surface area contributed by atoms with E-state index < -0.39 is 0 Å². The van der Waals surface area contributed by atoms with E-state index >= 15 is 0 Å². The molecular formula is C23H20FN5O3S. The third kappa shape index (κ3) is 5.29. The predicted octanol–water partition coefficient (Wildman–Crippen LogP) is 4.17. The molecule has 4 rings (SSSR count). The zero-order chi connectivity index (χ0) is 23.4. The first-order valence-corrected chi connectivity index (χ1v) is 10.9. The van der Waals surface area contributed by atoms with E-state index in [-0.39, 0.29) is 23.4 Å². The summed E-state index contributed by atoms with van der Waals surface area (Å²) in [6.45, 7) is 1.65. The normalized spacial score (nSPS) is 10.8. The van der Waals surface area contributed by atoms with Crippen molar-refractivity contribution in [3.05, 3.63) is 77.7 Å². The molecule has 2 aromatic carbocycles. The molecule has 0 saturated heterocycles. The first-order chi connectivity index (χ1) is 15.9. The van der Waals surface area contributed by atoms with Crippen molar-refractivity contribution >= 4 is 40.6 Å². The van der Waals surface area contributed by atoms with Gasteiger partial charge in [0.2, 0.25) is 5.91 Å². The third-order valence-electron chi connectivity index (χ3n) is 4.77. The summed E-state index contributed by atoms with van der Waals surface area (Å²) in [5.74, 6) is -0.265. The Bertz CT molecular complexity index is 1320. The van der Waals surface area contributed by atoms with Crippen LogP contribution in [0.25, 0.3) is 5.65 Å². The highest BCUT2D eigenvalue weighted by atomic mass is 32.2. The SMILES string of the molecule is COc1ccc(NC(=O)c2ccc3nnc(SCC(=O)Nc4ccc(C)c(F)c4)n3c2)cc1. The van der Waals surface area contributed by atoms with Crippen LogP contribution in [-0.4, -0.2) is 39.3 Å². The number of carbonyl (C=O) groups is 2. The Morgan fingerprint density at radius 2 is 1.79 bits per heavy atom. The van der Waals surface area contributed by atoms with Crippen molar-refractivity contribution in [2.45, 2.75) is 12.1 Å². The molecule has 0 fully saturated rings. The molecule has 2 heterocycles. The lowest BCUT2D eigenvalue weighted by Gasteiger charge is -2.08. The molecule has 168 valence electrons. The summed E-state index contributed by atoms with van der Waals surface area (Å²) in [6, 6.07) is 14.8. The standard InChI is InChI=1S/C23H20FN5O3S/c1-14-3-5-17(11-19(14)24)25-21(30)13-33-23-28-27-20-10-4-15(12-29(20)23)22(31)26-16-6-8-18(32-2)9-7-16/h3-12H,13H2,1-2H3,(H,25,30)(H,26,31). The number of carbonyl (C=O) groups excluding carboxylic acids is 2. The van der Waals surface area contributed by atoms with Gasteiger partial charge in [-0.1, -0.05) is 17.8 Å². The number of thioether (sulfide) groups is 1. The van der Waals surface area contributed by atoms with Gasteiger partial charge in [0, 0.05) is 17.6 Å². The molecule has 10 heteroatoms. The van der Waals surface area contributed by atoms with Gasteiger partial charge in [-0.15, -0.1) is 10.2 Å². The number of fused-ring (bicyclic) bond motifs is 1. The van der Waals surface area contributed by atoms with Gasteiger partial charge in [-0.25, -0.2) is 4.39 Å². The maximum atomic E-state index is 13.7. The van der Waals surface area contributed by atoms with Gasteiger partial charge >= 0.3 is 0 Å². The van der Waals surface area contributed by atoms with Crippen LogP contribution in [0.2, 0.25) is 0 Å². The van der Waals surface area contributed by atoms with Crippen LogP contribution < -0.4 is 15.4 Å². The van der Waals surface area contributed by atoms with Crippen molar-refractivity contribution in [1.29, 1.82) is 0 Å². The Hall–Kier alpha value is -3.92. The molecule has 2 N–H and O–H groups in total. The van der Waals surface area contributed by atoms with Crippen LogP contribution in [0.1, 0.15) is 15.9 Å². The molecule has 0 radical (unpaired) electrons. The Balaban J connectivity index is 1.43. The summed E-state index contributed by atoms with van der Waals surface area (Å²) in [7, 11) is 1.57. The fraction of sp³-hybridized carbons (Fsp3) is 0.130. The molecular weight excluding hydrogens is 445 g/mol. The average Bonchev–Trinajstić information content (AvgIpc) is 3.23. The lowest BCUT2D eigenvalue weighted by Crippen LogP contribution is -2.15. The van der Waals surface area contributed by atoms with Gasteiger partial charge in [0.1, 0.15) is 11.6 Å². The second-order valence-corrected chi connectivity index (χ2v) is 8.05. The molecule has 0 unspecified atom stereocenters. The Morgan fingerprint density at radius 3 is 2.52 bits per heavy atom. The number of pyridine rings is 1. The van der Waals surface area contributed by atoms with Crippen molar-refractivity contribution in [3.8, 4) is 5.75 Å². The van der Waals surface area contributed by atoms with E-state index in [0.29, 0.717) is 39.1 Å². The molecule has 4 aromatic rings. The van der Waals surface area contributed by atoms with Crippen LogP contribution in [-0.2, 0) is 4.79 Å². The minimum absolute atomic E-state index is 0.0402. The number of rotatable bonds is 7. The number of nitrogens with zero attached hydrogens (tertiary/aromatic N) is 3. The molecule has 2 aromatic heterocycles. The number of aromatic nitrogens is 3. The van der Waals surface area contributed by atoms with Crippen molar-refractivity contribution < 1.29 is 18.7 Å². The number of methoxy groups -OCH3 is 1. The molecule has 0 aliphatic carbocycles. The minimum atomic E-state index is -0.385. The van der Waals surface area contributed by atoms with E-state index in [9.17, 15) is 14.0 Å². The Kier molecular flexibility index (Phi) is 6.55. The molecule has 0 spiro atoms. The Labute approximate surface area is 193 Å². The van der Waals surface area contributed by atoms with Gasteiger partial charge in [0.25, 0.3) is 5.91 Å². The van der Waals surface area contributed by atoms with Gasteiger partial charge in [-0.2, -0.15) is 0 Å². The summed E-state index contributed by atoms with van der Waals surface area (Å²) < 4.78 is 20.4. The fourth-order valence-corrected chi connectivity index (χ4v) is 3.69. The first kappa shape index (κ1) is 22.3. The van der Waals surface area contributed by atoms with Gasteiger partial charge in [-0.05, 0) is 61.0 Å². The number of aryl methyl sites for hydroxylation is 1. The van der Waals surface area contributed by atoms with E-state index in [1.54, 1.807) is 73.2 Å². The van der Waals surface area contributed by atoms with E-state index in [2.05, 4.69) is 20.8 Å². The lowest BCUT2D eigenvalue weighted by atomic mass is 10.2.